The molecule has 0 aromatic rings. The Morgan fingerprint density at radius 2 is 1.87 bits per heavy atom. The number of hydrogen-bond acceptors (Lipinski definition) is 4. The molecule has 0 aliphatic heterocycles. The average molecular weight is 318 g/mol. The highest BCUT2D eigenvalue weighted by Gasteiger charge is 2.26. The van der Waals surface area contributed by atoms with Crippen LogP contribution in [0.2, 0.25) is 0 Å². The summed E-state index contributed by atoms with van der Waals surface area (Å²) in [5, 5.41) is 3.50. The molecule has 0 spiro atoms. The van der Waals surface area contributed by atoms with Crippen LogP contribution in [0, 0.1) is 11.8 Å². The van der Waals surface area contributed by atoms with Crippen molar-refractivity contribution in [2.45, 2.75) is 32.1 Å². The number of nitrogens with two attached hydrogens (primary N) is 1. The second-order valence-electron chi connectivity index (χ2n) is 5.98. The van der Waals surface area contributed by atoms with E-state index in [1.54, 1.807) is 12.2 Å². The largest absolute Gasteiger partial charge is 0.469 e. The Balaban J connectivity index is 2.28. The van der Waals surface area contributed by atoms with Gasteiger partial charge in [-0.05, 0) is 62.8 Å². The molecule has 0 heterocycles. The molecule has 1 saturated carbocycles. The van der Waals surface area contributed by atoms with Crippen LogP contribution in [0.5, 0.6) is 0 Å². The molecule has 0 atom stereocenters. The van der Waals surface area contributed by atoms with Gasteiger partial charge in [-0.2, -0.15) is 0 Å². The number of hydrogen-bond donors (Lipinski definition) is 2. The monoisotopic (exact) mass is 318 g/mol. The lowest BCUT2D eigenvalue weighted by Crippen LogP contribution is -2.30. The van der Waals surface area contributed by atoms with Gasteiger partial charge < -0.3 is 15.8 Å². The Bertz CT molecular complexity index is 458. The van der Waals surface area contributed by atoms with Crippen LogP contribution in [0.4, 0.5) is 0 Å². The predicted octanol–water partition coefficient (Wildman–Crippen LogP) is 3.09. The first kappa shape index (κ1) is 19.2. The van der Waals surface area contributed by atoms with Crippen molar-refractivity contribution >= 4 is 5.97 Å². The Hall–Kier alpha value is -1.81. The number of nitrogens with one attached hydrogen (secondary N) is 1. The summed E-state index contributed by atoms with van der Waals surface area (Å²) in [6.07, 6.45) is 12.1. The second-order valence-corrected chi connectivity index (χ2v) is 5.98. The number of methoxy groups -OCH3 is 1. The number of esters is 1. The van der Waals surface area contributed by atoms with Gasteiger partial charge in [-0.15, -0.1) is 0 Å². The van der Waals surface area contributed by atoms with Crippen LogP contribution in [0.15, 0.2) is 48.7 Å². The van der Waals surface area contributed by atoms with E-state index in [0.29, 0.717) is 5.92 Å². The summed E-state index contributed by atoms with van der Waals surface area (Å²) in [5.74, 6) is 0.686. The number of ether oxygens (including phenoxy) is 1. The van der Waals surface area contributed by atoms with Crippen LogP contribution >= 0.6 is 0 Å². The van der Waals surface area contributed by atoms with Crippen molar-refractivity contribution in [2.75, 3.05) is 20.2 Å². The highest BCUT2D eigenvalue weighted by atomic mass is 16.5. The normalized spacial score (nSPS) is 22.5. The Morgan fingerprint density at radius 1 is 1.22 bits per heavy atom. The zero-order chi connectivity index (χ0) is 17.1. The van der Waals surface area contributed by atoms with E-state index >= 15 is 0 Å². The van der Waals surface area contributed by atoms with Gasteiger partial charge in [-0.1, -0.05) is 31.4 Å². The maximum absolute atomic E-state index is 11.5. The first-order valence-corrected chi connectivity index (χ1v) is 8.31. The topological polar surface area (TPSA) is 64.3 Å². The molecule has 0 aromatic carbocycles. The SMILES string of the molecule is C=C/C=C(CCNCC1CCC(C(=O)OC)CC1)\C(N)=C/C=C. The van der Waals surface area contributed by atoms with Crippen molar-refractivity contribution in [3.05, 3.63) is 48.7 Å². The fourth-order valence-corrected chi connectivity index (χ4v) is 3.00. The van der Waals surface area contributed by atoms with Crippen molar-refractivity contribution in [3.63, 3.8) is 0 Å². The molecule has 128 valence electrons. The lowest BCUT2D eigenvalue weighted by atomic mass is 9.82. The minimum atomic E-state index is -0.0555. The quantitative estimate of drug-likeness (QED) is 0.389. The van der Waals surface area contributed by atoms with Gasteiger partial charge >= 0.3 is 5.97 Å². The van der Waals surface area contributed by atoms with Crippen molar-refractivity contribution in [3.8, 4) is 0 Å². The van der Waals surface area contributed by atoms with Gasteiger partial charge in [0.15, 0.2) is 0 Å². The third kappa shape index (κ3) is 6.87. The van der Waals surface area contributed by atoms with Gasteiger partial charge in [0.05, 0.1) is 13.0 Å². The molecular weight excluding hydrogens is 288 g/mol. The lowest BCUT2D eigenvalue weighted by molar-refractivity contribution is -0.146. The summed E-state index contributed by atoms with van der Waals surface area (Å²) < 4.78 is 4.82. The molecule has 0 bridgehead atoms. The number of carbonyl (C=O) groups excluding carboxylic acids is 1. The third-order valence-electron chi connectivity index (χ3n) is 4.37. The Kier molecular flexibility index (Phi) is 9.07. The zero-order valence-electron chi connectivity index (χ0n) is 14.2. The number of carbonyl (C=O) groups is 1. The molecule has 0 radical (unpaired) electrons. The molecule has 1 fully saturated rings. The van der Waals surface area contributed by atoms with Crippen LogP contribution in [-0.2, 0) is 9.53 Å². The summed E-state index contributed by atoms with van der Waals surface area (Å²) in [6, 6.07) is 0. The van der Waals surface area contributed by atoms with E-state index in [1.807, 2.05) is 12.2 Å². The van der Waals surface area contributed by atoms with Gasteiger partial charge in [0.2, 0.25) is 0 Å². The smallest absolute Gasteiger partial charge is 0.308 e. The van der Waals surface area contributed by atoms with E-state index in [1.165, 1.54) is 7.11 Å². The molecule has 0 aromatic heterocycles. The van der Waals surface area contributed by atoms with Gasteiger partial charge in [0, 0.05) is 5.70 Å². The molecule has 4 heteroatoms. The highest BCUT2D eigenvalue weighted by molar-refractivity contribution is 5.72. The van der Waals surface area contributed by atoms with E-state index in [4.69, 9.17) is 10.5 Å². The van der Waals surface area contributed by atoms with Crippen molar-refractivity contribution in [1.29, 1.82) is 0 Å². The van der Waals surface area contributed by atoms with Crippen molar-refractivity contribution < 1.29 is 9.53 Å². The summed E-state index contributed by atoms with van der Waals surface area (Å²) in [5.41, 5.74) is 7.81. The second kappa shape index (κ2) is 10.8. The van der Waals surface area contributed by atoms with Crippen molar-refractivity contribution in [2.24, 2.45) is 17.6 Å². The fourth-order valence-electron chi connectivity index (χ4n) is 3.00. The first-order valence-electron chi connectivity index (χ1n) is 8.31. The highest BCUT2D eigenvalue weighted by Crippen LogP contribution is 2.29. The third-order valence-corrected chi connectivity index (χ3v) is 4.37. The van der Waals surface area contributed by atoms with Gasteiger partial charge in [-0.3, -0.25) is 4.79 Å². The van der Waals surface area contributed by atoms with E-state index in [0.717, 1.165) is 56.5 Å². The maximum Gasteiger partial charge on any atom is 0.308 e. The molecule has 1 rings (SSSR count). The minimum Gasteiger partial charge on any atom is -0.469 e. The van der Waals surface area contributed by atoms with Crippen LogP contribution < -0.4 is 11.1 Å². The van der Waals surface area contributed by atoms with Crippen LogP contribution in [-0.4, -0.2) is 26.2 Å². The molecule has 4 nitrogen and oxygen atoms in total. The molecule has 0 unspecified atom stereocenters. The van der Waals surface area contributed by atoms with Crippen LogP contribution in [0.1, 0.15) is 32.1 Å². The van der Waals surface area contributed by atoms with E-state index in [9.17, 15) is 4.79 Å². The fraction of sp³-hybridized carbons (Fsp3) is 0.526. The molecule has 23 heavy (non-hydrogen) atoms. The predicted molar refractivity (Wildman–Crippen MR) is 95.7 cm³/mol. The Morgan fingerprint density at radius 3 is 2.43 bits per heavy atom. The van der Waals surface area contributed by atoms with Crippen LogP contribution in [0.25, 0.3) is 0 Å². The summed E-state index contributed by atoms with van der Waals surface area (Å²) in [6.45, 7) is 9.26. The maximum atomic E-state index is 11.5. The van der Waals surface area contributed by atoms with Gasteiger partial charge in [0.25, 0.3) is 0 Å². The molecule has 0 amide bonds. The standard InChI is InChI=1S/C19H30N2O2/c1-4-6-16(18(20)7-5-2)12-13-21-14-15-8-10-17(11-9-15)19(22)23-3/h4-7,15,17,21H,1-2,8-14,20H2,3H3/b16-6-,18-7+. The average Bonchev–Trinajstić information content (AvgIpc) is 2.57. The molecular formula is C19H30N2O2. The molecule has 1 aliphatic carbocycles. The summed E-state index contributed by atoms with van der Waals surface area (Å²) in [7, 11) is 1.47. The van der Waals surface area contributed by atoms with E-state index in [-0.39, 0.29) is 11.9 Å². The summed E-state index contributed by atoms with van der Waals surface area (Å²) in [4.78, 5) is 11.5. The minimum absolute atomic E-state index is 0.0555. The van der Waals surface area contributed by atoms with Gasteiger partial charge in [0.1, 0.15) is 0 Å². The zero-order valence-corrected chi connectivity index (χ0v) is 14.2. The summed E-state index contributed by atoms with van der Waals surface area (Å²) >= 11 is 0. The lowest BCUT2D eigenvalue weighted by Gasteiger charge is -2.27. The van der Waals surface area contributed by atoms with E-state index in [2.05, 4.69) is 18.5 Å². The number of rotatable bonds is 9. The van der Waals surface area contributed by atoms with Gasteiger partial charge in [-0.25, -0.2) is 0 Å². The Labute approximate surface area is 140 Å². The van der Waals surface area contributed by atoms with Crippen molar-refractivity contribution in [1.82, 2.24) is 5.32 Å². The molecule has 1 aliphatic rings. The van der Waals surface area contributed by atoms with E-state index < -0.39 is 0 Å². The molecule has 0 saturated heterocycles. The first-order chi connectivity index (χ1) is 11.1. The number of allylic oxidation sites excluding steroid dienone is 5. The molecule has 3 N–H and O–H groups in total. The van der Waals surface area contributed by atoms with Crippen LogP contribution in [0.3, 0.4) is 0 Å².